The lowest BCUT2D eigenvalue weighted by molar-refractivity contribution is 0.477. The smallest absolute Gasteiger partial charge is 0.116 e. The van der Waals surface area contributed by atoms with Gasteiger partial charge in [-0.3, -0.25) is 4.98 Å². The van der Waals surface area contributed by atoms with Crippen LogP contribution in [0, 0.1) is 0 Å². The summed E-state index contributed by atoms with van der Waals surface area (Å²) in [6.45, 7) is 0. The van der Waals surface area contributed by atoms with Crippen molar-refractivity contribution in [3.8, 4) is 16.9 Å². The number of benzene rings is 5. The first-order valence-electron chi connectivity index (χ1n) is 12.1. The van der Waals surface area contributed by atoms with E-state index in [0.29, 0.717) is 5.75 Å². The first kappa shape index (κ1) is 16.5. The molecule has 0 fully saturated rings. The number of phenolic OH excluding ortho intramolecular Hbond substituents is 1. The van der Waals surface area contributed by atoms with E-state index in [0.717, 1.165) is 17.2 Å². The van der Waals surface area contributed by atoms with E-state index < -0.39 is 0 Å². The van der Waals surface area contributed by atoms with Crippen molar-refractivity contribution in [1.29, 1.82) is 0 Å². The Morgan fingerprint density at radius 3 is 2.69 bits per heavy atom. The van der Waals surface area contributed by atoms with Crippen molar-refractivity contribution < 1.29 is 5.11 Å². The van der Waals surface area contributed by atoms with Gasteiger partial charge in [0, 0.05) is 68.4 Å². The normalized spacial score (nSPS) is 16.9. The van der Waals surface area contributed by atoms with Crippen LogP contribution < -0.4 is 0 Å². The minimum Gasteiger partial charge on any atom is -0.508 e. The predicted molar refractivity (Wildman–Crippen MR) is 144 cm³/mol. The van der Waals surface area contributed by atoms with E-state index in [1.807, 2.05) is 29.7 Å². The van der Waals surface area contributed by atoms with Crippen LogP contribution in [-0.4, -0.2) is 15.1 Å². The lowest BCUT2D eigenvalue weighted by atomic mass is 9.64. The highest BCUT2D eigenvalue weighted by atomic mass is 32.1. The van der Waals surface area contributed by atoms with Crippen LogP contribution in [0.4, 0.5) is 0 Å². The number of hydrogen-bond donors (Lipinski definition) is 2. The van der Waals surface area contributed by atoms with Gasteiger partial charge in [-0.1, -0.05) is 6.07 Å². The number of rotatable bonds is 0. The maximum absolute atomic E-state index is 10.7. The minimum atomic E-state index is 0.266. The summed E-state index contributed by atoms with van der Waals surface area (Å²) in [5, 5.41) is 27.3. The maximum atomic E-state index is 10.7. The Morgan fingerprint density at radius 1 is 0.771 bits per heavy atom. The van der Waals surface area contributed by atoms with Crippen LogP contribution in [0.15, 0.2) is 54.3 Å². The van der Waals surface area contributed by atoms with Crippen molar-refractivity contribution >= 4 is 76.1 Å². The Balaban J connectivity index is 1.62. The zero-order valence-electron chi connectivity index (χ0n) is 18.3. The van der Waals surface area contributed by atoms with Gasteiger partial charge in [0.25, 0.3) is 0 Å². The van der Waals surface area contributed by atoms with E-state index in [9.17, 15) is 5.11 Å². The van der Waals surface area contributed by atoms with Gasteiger partial charge in [-0.25, -0.2) is 0 Å². The van der Waals surface area contributed by atoms with Gasteiger partial charge in [0.1, 0.15) is 5.75 Å². The number of pyridine rings is 1. The van der Waals surface area contributed by atoms with E-state index in [1.54, 1.807) is 0 Å². The van der Waals surface area contributed by atoms with Crippen molar-refractivity contribution in [2.45, 2.75) is 12.3 Å². The highest BCUT2D eigenvalue weighted by Crippen LogP contribution is 2.62. The minimum absolute atomic E-state index is 0.266. The molecule has 2 N–H and O–H groups in total. The molecule has 0 bridgehead atoms. The summed E-state index contributed by atoms with van der Waals surface area (Å²) < 4.78 is 0. The summed E-state index contributed by atoms with van der Waals surface area (Å²) in [5.74, 6) is 0.605. The summed E-state index contributed by atoms with van der Waals surface area (Å²) in [5.41, 5.74) is 9.76. The number of aromatic hydroxyl groups is 1. The summed E-state index contributed by atoms with van der Waals surface area (Å²) in [7, 11) is 0. The van der Waals surface area contributed by atoms with E-state index in [4.69, 9.17) is 0 Å². The molecule has 3 aromatic heterocycles. The fourth-order valence-corrected chi connectivity index (χ4v) is 9.19. The number of nitrogens with zero attached hydrogens (tertiary/aromatic N) is 1. The molecule has 3 aliphatic rings. The molecule has 8 aromatic rings. The lowest BCUT2D eigenvalue weighted by Gasteiger charge is -2.38. The number of phenols is 1. The Kier molecular flexibility index (Phi) is 2.27. The average molecular weight is 463 g/mol. The van der Waals surface area contributed by atoms with Crippen LogP contribution >= 0.6 is 11.3 Å². The highest BCUT2D eigenvalue weighted by molar-refractivity contribution is 7.10. The van der Waals surface area contributed by atoms with E-state index >= 15 is 0 Å². The van der Waals surface area contributed by atoms with Crippen molar-refractivity contribution in [1.82, 2.24) is 9.97 Å². The molecule has 0 radical (unpaired) electrons. The fraction of sp³-hybridized carbons (Fsp3) is 0.0645. The van der Waals surface area contributed by atoms with Crippen molar-refractivity contribution in [3.63, 3.8) is 0 Å². The molecule has 11 rings (SSSR count). The van der Waals surface area contributed by atoms with Gasteiger partial charge in [-0.05, 0) is 95.2 Å². The molecule has 3 heterocycles. The third-order valence-corrected chi connectivity index (χ3v) is 10.1. The van der Waals surface area contributed by atoms with Crippen LogP contribution in [-0.2, 0) is 6.42 Å². The largest absolute Gasteiger partial charge is 0.508 e. The Hall–Kier alpha value is -4.15. The second-order valence-electron chi connectivity index (χ2n) is 10.6. The molecule has 35 heavy (non-hydrogen) atoms. The first-order valence-corrected chi connectivity index (χ1v) is 13.0. The number of hydrogen-bond acceptors (Lipinski definition) is 3. The third kappa shape index (κ3) is 1.51. The molecule has 0 aliphatic heterocycles. The molecule has 3 aliphatic carbocycles. The van der Waals surface area contributed by atoms with Crippen LogP contribution in [0.5, 0.6) is 5.75 Å². The Morgan fingerprint density at radius 2 is 1.71 bits per heavy atom. The van der Waals surface area contributed by atoms with Crippen molar-refractivity contribution in [3.05, 3.63) is 81.4 Å². The molecule has 160 valence electrons. The SMILES string of the molecule is Oc1cc2cc3c4c5c2c(c1)c1c[nH]c2cc6cc7cncc8c7c(c6c5c21)C4c1c-8csc1C3. The second kappa shape index (κ2) is 4.81. The van der Waals surface area contributed by atoms with Crippen LogP contribution in [0.1, 0.15) is 33.0 Å². The zero-order chi connectivity index (χ0) is 22.3. The molecule has 5 aromatic carbocycles. The Labute approximate surface area is 201 Å². The van der Waals surface area contributed by atoms with Crippen LogP contribution in [0.2, 0.25) is 0 Å². The fourth-order valence-electron chi connectivity index (χ4n) is 8.08. The third-order valence-electron chi connectivity index (χ3n) is 9.13. The topological polar surface area (TPSA) is 48.9 Å². The number of aromatic nitrogens is 2. The molecule has 0 saturated carbocycles. The first-order chi connectivity index (χ1) is 17.3. The molecular weight excluding hydrogens is 448 g/mol. The number of nitrogens with one attached hydrogen (secondary N) is 1. The molecule has 0 saturated heterocycles. The Bertz CT molecular complexity index is 2370. The van der Waals surface area contributed by atoms with Gasteiger partial charge in [-0.15, -0.1) is 11.3 Å². The number of thiophene rings is 1. The molecule has 0 spiro atoms. The van der Waals surface area contributed by atoms with Crippen molar-refractivity contribution in [2.24, 2.45) is 0 Å². The van der Waals surface area contributed by atoms with Gasteiger partial charge >= 0.3 is 0 Å². The van der Waals surface area contributed by atoms with E-state index in [1.165, 1.54) is 92.3 Å². The molecule has 0 amide bonds. The average Bonchev–Trinajstić information content (AvgIpc) is 3.48. The highest BCUT2D eigenvalue weighted by Gasteiger charge is 2.42. The number of fused-ring (bicyclic) bond motifs is 2. The van der Waals surface area contributed by atoms with Crippen LogP contribution in [0.3, 0.4) is 0 Å². The standard InChI is InChI=1S/C31H14N2OS/c34-15-3-11-1-13-5-21-27-19(10-35-21)17-8-32-7-14-2-12-4-20-26-18(9-33-20)16(6-15)22(11)28-25(13)31(27)29(23(14)17)24(12)30(26)28/h1-4,6-10,31,33-34H,5H2. The molecule has 3 nitrogen and oxygen atoms in total. The number of H-pyrrole nitrogens is 1. The van der Waals surface area contributed by atoms with E-state index in [-0.39, 0.29) is 5.92 Å². The van der Waals surface area contributed by atoms with Gasteiger partial charge in [0.15, 0.2) is 0 Å². The summed E-state index contributed by atoms with van der Waals surface area (Å²) in [4.78, 5) is 9.73. The van der Waals surface area contributed by atoms with Gasteiger partial charge < -0.3 is 10.1 Å². The maximum Gasteiger partial charge on any atom is 0.116 e. The van der Waals surface area contributed by atoms with Gasteiger partial charge in [0.05, 0.1) is 0 Å². The van der Waals surface area contributed by atoms with Gasteiger partial charge in [0.2, 0.25) is 0 Å². The second-order valence-corrected chi connectivity index (χ2v) is 11.5. The van der Waals surface area contributed by atoms with Crippen LogP contribution in [0.25, 0.3) is 75.9 Å². The summed E-state index contributed by atoms with van der Waals surface area (Å²) in [6.07, 6.45) is 7.22. The number of aromatic amines is 1. The van der Waals surface area contributed by atoms with Crippen molar-refractivity contribution in [2.75, 3.05) is 0 Å². The lowest BCUT2D eigenvalue weighted by Crippen LogP contribution is -2.20. The predicted octanol–water partition coefficient (Wildman–Crippen LogP) is 7.91. The molecular formula is C31H14N2OS. The quantitative estimate of drug-likeness (QED) is 0.178. The zero-order valence-corrected chi connectivity index (χ0v) is 19.1. The summed E-state index contributed by atoms with van der Waals surface area (Å²) in [6, 6.07) is 11.0. The van der Waals surface area contributed by atoms with Gasteiger partial charge in [-0.2, -0.15) is 0 Å². The van der Waals surface area contributed by atoms with E-state index in [2.05, 4.69) is 45.9 Å². The molecule has 1 unspecified atom stereocenters. The molecule has 1 atom stereocenters. The monoisotopic (exact) mass is 462 g/mol. The molecule has 4 heteroatoms. The summed E-state index contributed by atoms with van der Waals surface area (Å²) >= 11 is 1.90.